The largest absolute Gasteiger partial charge is 0.478 e. The summed E-state index contributed by atoms with van der Waals surface area (Å²) in [5.41, 5.74) is 2.04. The molecule has 0 saturated carbocycles. The first-order valence-electron chi connectivity index (χ1n) is 7.18. The number of carbonyl (C=O) groups excluding carboxylic acids is 1. The maximum Gasteiger partial charge on any atom is 0.337 e. The second kappa shape index (κ2) is 7.11. The van der Waals surface area contributed by atoms with E-state index in [1.807, 2.05) is 19.9 Å². The first-order valence-corrected chi connectivity index (χ1v) is 7.18. The van der Waals surface area contributed by atoms with Crippen molar-refractivity contribution in [1.82, 2.24) is 5.32 Å². The van der Waals surface area contributed by atoms with Gasteiger partial charge < -0.3 is 15.7 Å². The number of carbonyl (C=O) groups is 2. The summed E-state index contributed by atoms with van der Waals surface area (Å²) in [5.74, 6) is -0.694. The summed E-state index contributed by atoms with van der Waals surface area (Å²) in [6.45, 7) is 9.67. The molecule has 0 aliphatic rings. The molecule has 0 aromatic heterocycles. The maximum absolute atomic E-state index is 12.0. The van der Waals surface area contributed by atoms with Gasteiger partial charge >= 0.3 is 12.0 Å². The van der Waals surface area contributed by atoms with Crippen molar-refractivity contribution >= 4 is 17.7 Å². The highest BCUT2D eigenvalue weighted by molar-refractivity contribution is 6.01. The summed E-state index contributed by atoms with van der Waals surface area (Å²) in [5, 5.41) is 14.8. The van der Waals surface area contributed by atoms with Crippen molar-refractivity contribution in [2.75, 3.05) is 5.32 Å². The summed E-state index contributed by atoms with van der Waals surface area (Å²) >= 11 is 0. The van der Waals surface area contributed by atoms with Gasteiger partial charge in [-0.1, -0.05) is 26.3 Å². The van der Waals surface area contributed by atoms with Crippen molar-refractivity contribution in [2.45, 2.75) is 47.1 Å². The van der Waals surface area contributed by atoms with Gasteiger partial charge in [-0.25, -0.2) is 9.59 Å². The third-order valence-electron chi connectivity index (χ3n) is 3.81. The molecule has 0 fully saturated rings. The molecule has 21 heavy (non-hydrogen) atoms. The van der Waals surface area contributed by atoms with E-state index in [-0.39, 0.29) is 17.6 Å². The zero-order valence-electron chi connectivity index (χ0n) is 13.3. The highest BCUT2D eigenvalue weighted by Crippen LogP contribution is 2.23. The van der Waals surface area contributed by atoms with E-state index in [1.165, 1.54) is 0 Å². The van der Waals surface area contributed by atoms with E-state index in [0.717, 1.165) is 17.5 Å². The Balaban J connectivity index is 2.92. The third-order valence-corrected chi connectivity index (χ3v) is 3.81. The van der Waals surface area contributed by atoms with Gasteiger partial charge in [0, 0.05) is 6.04 Å². The normalized spacial score (nSPS) is 13.4. The van der Waals surface area contributed by atoms with E-state index >= 15 is 0 Å². The monoisotopic (exact) mass is 292 g/mol. The van der Waals surface area contributed by atoms with Gasteiger partial charge in [0.15, 0.2) is 0 Å². The van der Waals surface area contributed by atoms with E-state index in [2.05, 4.69) is 24.5 Å². The lowest BCUT2D eigenvalue weighted by Gasteiger charge is -2.21. The minimum atomic E-state index is -1.05. The Labute approximate surface area is 125 Å². The first kappa shape index (κ1) is 17.0. The van der Waals surface area contributed by atoms with Crippen LogP contribution in [0.15, 0.2) is 12.1 Å². The molecular formula is C16H24N2O3. The number of nitrogens with one attached hydrogen (secondary N) is 2. The van der Waals surface area contributed by atoms with Crippen molar-refractivity contribution < 1.29 is 14.7 Å². The highest BCUT2D eigenvalue weighted by Gasteiger charge is 2.18. The molecular weight excluding hydrogens is 268 g/mol. The Morgan fingerprint density at radius 1 is 1.24 bits per heavy atom. The minimum Gasteiger partial charge on any atom is -0.478 e. The molecule has 2 atom stereocenters. The summed E-state index contributed by atoms with van der Waals surface area (Å²) in [4.78, 5) is 23.4. The molecule has 2 unspecified atom stereocenters. The number of anilines is 1. The van der Waals surface area contributed by atoms with Crippen molar-refractivity contribution in [1.29, 1.82) is 0 Å². The molecule has 0 saturated heterocycles. The number of aromatic carboxylic acids is 1. The Hall–Kier alpha value is -2.04. The molecule has 0 radical (unpaired) electrons. The number of amides is 2. The fourth-order valence-electron chi connectivity index (χ4n) is 2.15. The molecule has 1 aromatic carbocycles. The molecule has 0 heterocycles. The van der Waals surface area contributed by atoms with Gasteiger partial charge in [-0.05, 0) is 43.9 Å². The quantitative estimate of drug-likeness (QED) is 0.776. The molecule has 1 rings (SSSR count). The van der Waals surface area contributed by atoms with Crippen LogP contribution in [-0.4, -0.2) is 23.1 Å². The molecule has 0 aliphatic heterocycles. The molecule has 0 spiro atoms. The predicted octanol–water partition coefficient (Wildman–Crippen LogP) is 3.56. The fraction of sp³-hybridized carbons (Fsp3) is 0.500. The van der Waals surface area contributed by atoms with Gasteiger partial charge in [-0.15, -0.1) is 0 Å². The lowest BCUT2D eigenvalue weighted by Crippen LogP contribution is -2.40. The van der Waals surface area contributed by atoms with E-state index < -0.39 is 5.97 Å². The van der Waals surface area contributed by atoms with Crippen LogP contribution in [0.25, 0.3) is 0 Å². The third kappa shape index (κ3) is 4.48. The molecule has 0 aliphatic carbocycles. The maximum atomic E-state index is 12.0. The zero-order valence-corrected chi connectivity index (χ0v) is 13.3. The predicted molar refractivity (Wildman–Crippen MR) is 83.9 cm³/mol. The van der Waals surface area contributed by atoms with Crippen LogP contribution in [0.3, 0.4) is 0 Å². The summed E-state index contributed by atoms with van der Waals surface area (Å²) in [6, 6.07) is 3.05. The molecule has 0 bridgehead atoms. The number of carboxylic acids is 1. The van der Waals surface area contributed by atoms with Crippen LogP contribution in [0.4, 0.5) is 10.5 Å². The number of hydrogen-bond acceptors (Lipinski definition) is 2. The van der Waals surface area contributed by atoms with Gasteiger partial charge in [-0.3, -0.25) is 0 Å². The molecule has 3 N–H and O–H groups in total. The lowest BCUT2D eigenvalue weighted by molar-refractivity contribution is 0.0698. The number of hydrogen-bond donors (Lipinski definition) is 3. The second-order valence-electron chi connectivity index (χ2n) is 5.58. The average Bonchev–Trinajstić information content (AvgIpc) is 2.40. The van der Waals surface area contributed by atoms with Crippen molar-refractivity contribution in [3.8, 4) is 0 Å². The van der Waals surface area contributed by atoms with Crippen LogP contribution in [0, 0.1) is 19.8 Å². The van der Waals surface area contributed by atoms with Crippen molar-refractivity contribution in [3.05, 3.63) is 28.8 Å². The summed E-state index contributed by atoms with van der Waals surface area (Å²) < 4.78 is 0. The Morgan fingerprint density at radius 3 is 2.38 bits per heavy atom. The van der Waals surface area contributed by atoms with Crippen molar-refractivity contribution in [3.63, 3.8) is 0 Å². The number of aryl methyl sites for hydroxylation is 2. The SMILES string of the molecule is CCC(C)C(C)NC(=O)Nc1c(C)cc(C)cc1C(=O)O. The van der Waals surface area contributed by atoms with E-state index in [1.54, 1.807) is 13.0 Å². The first-order chi connectivity index (χ1) is 9.76. The van der Waals surface area contributed by atoms with Crippen LogP contribution in [0.1, 0.15) is 48.7 Å². The highest BCUT2D eigenvalue weighted by atomic mass is 16.4. The topological polar surface area (TPSA) is 78.4 Å². The van der Waals surface area contributed by atoms with Gasteiger partial charge in [0.1, 0.15) is 0 Å². The standard InChI is InChI=1S/C16H24N2O3/c1-6-10(3)12(5)17-16(21)18-14-11(4)7-9(2)8-13(14)15(19)20/h7-8,10,12H,6H2,1-5H3,(H,19,20)(H2,17,18,21). The minimum absolute atomic E-state index is 0.0223. The van der Waals surface area contributed by atoms with Crippen LogP contribution < -0.4 is 10.6 Å². The van der Waals surface area contributed by atoms with E-state index in [9.17, 15) is 14.7 Å². The molecule has 5 nitrogen and oxygen atoms in total. The van der Waals surface area contributed by atoms with Crippen LogP contribution >= 0.6 is 0 Å². The summed E-state index contributed by atoms with van der Waals surface area (Å²) in [6.07, 6.45) is 0.964. The second-order valence-corrected chi connectivity index (χ2v) is 5.58. The average molecular weight is 292 g/mol. The van der Waals surface area contributed by atoms with Crippen molar-refractivity contribution in [2.24, 2.45) is 5.92 Å². The van der Waals surface area contributed by atoms with Crippen LogP contribution in [0.2, 0.25) is 0 Å². The van der Waals surface area contributed by atoms with E-state index in [4.69, 9.17) is 0 Å². The number of rotatable bonds is 5. The molecule has 5 heteroatoms. The Morgan fingerprint density at radius 2 is 1.86 bits per heavy atom. The Bertz CT molecular complexity index is 541. The molecule has 2 amide bonds. The van der Waals surface area contributed by atoms with Crippen LogP contribution in [-0.2, 0) is 0 Å². The molecule has 116 valence electrons. The summed E-state index contributed by atoms with van der Waals surface area (Å²) in [7, 11) is 0. The van der Waals surface area contributed by atoms with Gasteiger partial charge in [0.2, 0.25) is 0 Å². The van der Waals surface area contributed by atoms with Crippen LogP contribution in [0.5, 0.6) is 0 Å². The number of benzene rings is 1. The van der Waals surface area contributed by atoms with Gasteiger partial charge in [0.25, 0.3) is 0 Å². The smallest absolute Gasteiger partial charge is 0.337 e. The number of urea groups is 1. The number of carboxylic acid groups (broad SMARTS) is 1. The van der Waals surface area contributed by atoms with Gasteiger partial charge in [0.05, 0.1) is 11.3 Å². The molecule has 1 aromatic rings. The fourth-order valence-corrected chi connectivity index (χ4v) is 2.15. The van der Waals surface area contributed by atoms with Gasteiger partial charge in [-0.2, -0.15) is 0 Å². The zero-order chi connectivity index (χ0) is 16.2. The lowest BCUT2D eigenvalue weighted by atomic mass is 10.0. The van der Waals surface area contributed by atoms with E-state index in [0.29, 0.717) is 11.6 Å². The Kier molecular flexibility index (Phi) is 5.76.